The summed E-state index contributed by atoms with van der Waals surface area (Å²) in [4.78, 5) is 0. The Morgan fingerprint density at radius 3 is 2.43 bits per heavy atom. The second kappa shape index (κ2) is 4.14. The molecular weight excluding hydrogens is 170 g/mol. The Balaban J connectivity index is 1.78. The van der Waals surface area contributed by atoms with Crippen molar-refractivity contribution in [3.8, 4) is 0 Å². The third kappa shape index (κ3) is 2.36. The van der Waals surface area contributed by atoms with Crippen LogP contribution in [0.3, 0.4) is 0 Å². The van der Waals surface area contributed by atoms with E-state index in [1.807, 2.05) is 0 Å². The molecule has 1 nitrogen and oxygen atoms in total. The Hall–Kier alpha value is -0.820. The average Bonchev–Trinajstić information content (AvgIpc) is 2.13. The molecule has 0 amide bonds. The summed E-state index contributed by atoms with van der Waals surface area (Å²) < 4.78 is 0. The van der Waals surface area contributed by atoms with E-state index in [0.717, 1.165) is 18.5 Å². The van der Waals surface area contributed by atoms with Crippen molar-refractivity contribution in [3.63, 3.8) is 0 Å². The van der Waals surface area contributed by atoms with Gasteiger partial charge in [-0.2, -0.15) is 0 Å². The van der Waals surface area contributed by atoms with Crippen molar-refractivity contribution >= 4 is 0 Å². The topological polar surface area (TPSA) is 12.0 Å². The number of aryl methyl sites for hydroxylation is 1. The standard InChI is InChI=1S/C13H19N/c1-10-3-5-12(6-4-10)9-14-13-7-11(2)8-13/h3-6,11,13-14H,7-9H2,1-2H3. The summed E-state index contributed by atoms with van der Waals surface area (Å²) >= 11 is 0. The van der Waals surface area contributed by atoms with E-state index in [9.17, 15) is 0 Å². The second-order valence-electron chi connectivity index (χ2n) is 4.64. The first-order valence-corrected chi connectivity index (χ1v) is 5.53. The van der Waals surface area contributed by atoms with Gasteiger partial charge in [0.1, 0.15) is 0 Å². The molecule has 1 saturated carbocycles. The van der Waals surface area contributed by atoms with E-state index in [2.05, 4.69) is 43.4 Å². The van der Waals surface area contributed by atoms with E-state index in [1.165, 1.54) is 24.0 Å². The van der Waals surface area contributed by atoms with Crippen molar-refractivity contribution in [3.05, 3.63) is 35.4 Å². The van der Waals surface area contributed by atoms with Gasteiger partial charge in [-0.05, 0) is 31.2 Å². The normalized spacial score (nSPS) is 25.9. The van der Waals surface area contributed by atoms with Gasteiger partial charge in [0.2, 0.25) is 0 Å². The molecule has 0 heterocycles. The highest BCUT2D eigenvalue weighted by atomic mass is 14.9. The molecule has 1 N–H and O–H groups in total. The summed E-state index contributed by atoms with van der Waals surface area (Å²) in [5.74, 6) is 0.936. The summed E-state index contributed by atoms with van der Waals surface area (Å²) in [5, 5.41) is 3.59. The van der Waals surface area contributed by atoms with Crippen LogP contribution in [0, 0.1) is 12.8 Å². The molecule has 76 valence electrons. The van der Waals surface area contributed by atoms with Crippen LogP contribution in [0.25, 0.3) is 0 Å². The highest BCUT2D eigenvalue weighted by molar-refractivity contribution is 5.21. The fraction of sp³-hybridized carbons (Fsp3) is 0.538. The molecule has 0 unspecified atom stereocenters. The van der Waals surface area contributed by atoms with Gasteiger partial charge in [0, 0.05) is 12.6 Å². The maximum atomic E-state index is 3.59. The zero-order chi connectivity index (χ0) is 9.97. The fourth-order valence-corrected chi connectivity index (χ4v) is 2.04. The van der Waals surface area contributed by atoms with Crippen molar-refractivity contribution in [2.75, 3.05) is 0 Å². The lowest BCUT2D eigenvalue weighted by Gasteiger charge is -2.33. The van der Waals surface area contributed by atoms with E-state index in [1.54, 1.807) is 0 Å². The minimum atomic E-state index is 0.770. The van der Waals surface area contributed by atoms with E-state index in [4.69, 9.17) is 0 Å². The third-order valence-corrected chi connectivity index (χ3v) is 3.09. The zero-order valence-corrected chi connectivity index (χ0v) is 9.09. The number of hydrogen-bond donors (Lipinski definition) is 1. The molecule has 1 heteroatoms. The molecular formula is C13H19N. The molecule has 1 aliphatic rings. The van der Waals surface area contributed by atoms with E-state index in [-0.39, 0.29) is 0 Å². The molecule has 1 fully saturated rings. The number of hydrogen-bond acceptors (Lipinski definition) is 1. The Morgan fingerprint density at radius 1 is 1.21 bits per heavy atom. The van der Waals surface area contributed by atoms with Crippen LogP contribution in [0.4, 0.5) is 0 Å². The van der Waals surface area contributed by atoms with Gasteiger partial charge in [-0.1, -0.05) is 36.8 Å². The van der Waals surface area contributed by atoms with Crippen LogP contribution in [0.1, 0.15) is 30.9 Å². The van der Waals surface area contributed by atoms with Gasteiger partial charge in [0.25, 0.3) is 0 Å². The molecule has 0 atom stereocenters. The highest BCUT2D eigenvalue weighted by Crippen LogP contribution is 2.26. The lowest BCUT2D eigenvalue weighted by molar-refractivity contribution is 0.240. The van der Waals surface area contributed by atoms with Crippen LogP contribution in [-0.2, 0) is 6.54 Å². The van der Waals surface area contributed by atoms with E-state index in [0.29, 0.717) is 0 Å². The summed E-state index contributed by atoms with van der Waals surface area (Å²) in [7, 11) is 0. The second-order valence-corrected chi connectivity index (χ2v) is 4.64. The van der Waals surface area contributed by atoms with Crippen LogP contribution >= 0.6 is 0 Å². The quantitative estimate of drug-likeness (QED) is 0.771. The largest absolute Gasteiger partial charge is 0.310 e. The minimum absolute atomic E-state index is 0.770. The maximum Gasteiger partial charge on any atom is 0.0208 e. The molecule has 14 heavy (non-hydrogen) atoms. The first-order chi connectivity index (χ1) is 6.74. The van der Waals surface area contributed by atoms with Crippen LogP contribution in [0.15, 0.2) is 24.3 Å². The molecule has 1 aromatic rings. The SMILES string of the molecule is Cc1ccc(CNC2CC(C)C2)cc1. The lowest BCUT2D eigenvalue weighted by atomic mass is 9.82. The van der Waals surface area contributed by atoms with Crippen molar-refractivity contribution < 1.29 is 0 Å². The predicted octanol–water partition coefficient (Wildman–Crippen LogP) is 2.88. The summed E-state index contributed by atoms with van der Waals surface area (Å²) in [5.41, 5.74) is 2.74. The molecule has 2 rings (SSSR count). The van der Waals surface area contributed by atoms with Gasteiger partial charge in [-0.25, -0.2) is 0 Å². The Morgan fingerprint density at radius 2 is 1.86 bits per heavy atom. The molecule has 0 aliphatic heterocycles. The van der Waals surface area contributed by atoms with Crippen LogP contribution in [0.2, 0.25) is 0 Å². The van der Waals surface area contributed by atoms with E-state index < -0.39 is 0 Å². The number of benzene rings is 1. The molecule has 0 bridgehead atoms. The van der Waals surface area contributed by atoms with Crippen LogP contribution < -0.4 is 5.32 Å². The maximum absolute atomic E-state index is 3.59. The Bertz CT molecular complexity index is 283. The van der Waals surface area contributed by atoms with Crippen LogP contribution in [0.5, 0.6) is 0 Å². The predicted molar refractivity (Wildman–Crippen MR) is 60.2 cm³/mol. The van der Waals surface area contributed by atoms with Crippen molar-refractivity contribution in [1.29, 1.82) is 0 Å². The van der Waals surface area contributed by atoms with Gasteiger partial charge >= 0.3 is 0 Å². The zero-order valence-electron chi connectivity index (χ0n) is 9.09. The highest BCUT2D eigenvalue weighted by Gasteiger charge is 2.24. The minimum Gasteiger partial charge on any atom is -0.310 e. The van der Waals surface area contributed by atoms with E-state index >= 15 is 0 Å². The average molecular weight is 189 g/mol. The molecule has 0 radical (unpaired) electrons. The number of rotatable bonds is 3. The van der Waals surface area contributed by atoms with Gasteiger partial charge in [-0.15, -0.1) is 0 Å². The first kappa shape index (κ1) is 9.72. The first-order valence-electron chi connectivity index (χ1n) is 5.53. The molecule has 0 aromatic heterocycles. The Labute approximate surface area is 86.5 Å². The van der Waals surface area contributed by atoms with Crippen molar-refractivity contribution in [2.24, 2.45) is 5.92 Å². The number of nitrogens with one attached hydrogen (secondary N) is 1. The van der Waals surface area contributed by atoms with Gasteiger partial charge in [-0.3, -0.25) is 0 Å². The van der Waals surface area contributed by atoms with Gasteiger partial charge < -0.3 is 5.32 Å². The smallest absolute Gasteiger partial charge is 0.0208 e. The molecule has 1 aromatic carbocycles. The van der Waals surface area contributed by atoms with Gasteiger partial charge in [0.15, 0.2) is 0 Å². The van der Waals surface area contributed by atoms with Crippen LogP contribution in [-0.4, -0.2) is 6.04 Å². The summed E-state index contributed by atoms with van der Waals surface area (Å²) in [6, 6.07) is 9.56. The van der Waals surface area contributed by atoms with Gasteiger partial charge in [0.05, 0.1) is 0 Å². The van der Waals surface area contributed by atoms with Crippen molar-refractivity contribution in [1.82, 2.24) is 5.32 Å². The monoisotopic (exact) mass is 189 g/mol. The summed E-state index contributed by atoms with van der Waals surface area (Å²) in [6.07, 6.45) is 2.71. The fourth-order valence-electron chi connectivity index (χ4n) is 2.04. The molecule has 0 spiro atoms. The van der Waals surface area contributed by atoms with Crippen molar-refractivity contribution in [2.45, 2.75) is 39.3 Å². The lowest BCUT2D eigenvalue weighted by Crippen LogP contribution is -2.39. The molecule has 0 saturated heterocycles. The summed E-state index contributed by atoms with van der Waals surface area (Å²) in [6.45, 7) is 5.48. The Kier molecular flexibility index (Phi) is 2.87. The molecule has 1 aliphatic carbocycles. The third-order valence-electron chi connectivity index (χ3n) is 3.09.